The number of aryl methyl sites for hydroxylation is 1. The Morgan fingerprint density at radius 1 is 1.38 bits per heavy atom. The first-order valence-electron chi connectivity index (χ1n) is 6.49. The van der Waals surface area contributed by atoms with Gasteiger partial charge in [0, 0.05) is 24.9 Å². The van der Waals surface area contributed by atoms with Crippen LogP contribution in [0.1, 0.15) is 42.9 Å². The first kappa shape index (κ1) is 15.4. The van der Waals surface area contributed by atoms with Crippen LogP contribution in [0.5, 0.6) is 0 Å². The Labute approximate surface area is 128 Å². The Kier molecular flexibility index (Phi) is 4.27. The third-order valence-corrected chi connectivity index (χ3v) is 3.22. The molecule has 0 saturated carbocycles. The van der Waals surface area contributed by atoms with Crippen LogP contribution in [-0.4, -0.2) is 31.5 Å². The molecule has 2 heterocycles. The van der Waals surface area contributed by atoms with Crippen LogP contribution in [0.4, 0.5) is 0 Å². The highest BCUT2D eigenvalue weighted by Crippen LogP contribution is 2.23. The minimum Gasteiger partial charge on any atom is -0.424 e. The fraction of sp³-hybridized carbons (Fsp3) is 0.429. The van der Waals surface area contributed by atoms with E-state index < -0.39 is 5.54 Å². The summed E-state index contributed by atoms with van der Waals surface area (Å²) in [4.78, 5) is 18.3. The number of rotatable bonds is 3. The van der Waals surface area contributed by atoms with E-state index in [4.69, 9.17) is 16.0 Å². The van der Waals surface area contributed by atoms with E-state index in [0.717, 1.165) is 0 Å². The van der Waals surface area contributed by atoms with Gasteiger partial charge in [-0.15, -0.1) is 10.2 Å². The molecule has 0 bridgehead atoms. The number of aromatic nitrogens is 3. The standard InChI is InChI=1S/C14H17ClN4O2/c1-9-17-18-12(21-9)8-19(14(2,3)4)13(20)10-5-6-16-7-11(10)15/h5-7H,8H2,1-4H3. The second-order valence-electron chi connectivity index (χ2n) is 5.63. The average molecular weight is 309 g/mol. The van der Waals surface area contributed by atoms with Gasteiger partial charge in [-0.2, -0.15) is 0 Å². The highest BCUT2D eigenvalue weighted by Gasteiger charge is 2.30. The van der Waals surface area contributed by atoms with Crippen LogP contribution in [0.25, 0.3) is 0 Å². The van der Waals surface area contributed by atoms with E-state index in [9.17, 15) is 4.79 Å². The van der Waals surface area contributed by atoms with Crippen molar-refractivity contribution in [3.63, 3.8) is 0 Å². The van der Waals surface area contributed by atoms with Gasteiger partial charge >= 0.3 is 0 Å². The second kappa shape index (κ2) is 5.81. The van der Waals surface area contributed by atoms with Crippen molar-refractivity contribution >= 4 is 17.5 Å². The third kappa shape index (κ3) is 3.58. The Hall–Kier alpha value is -1.95. The van der Waals surface area contributed by atoms with Crippen LogP contribution in [0, 0.1) is 6.92 Å². The molecular formula is C14H17ClN4O2. The van der Waals surface area contributed by atoms with E-state index in [0.29, 0.717) is 22.4 Å². The summed E-state index contributed by atoms with van der Waals surface area (Å²) < 4.78 is 5.36. The normalized spacial score (nSPS) is 11.5. The predicted molar refractivity (Wildman–Crippen MR) is 77.9 cm³/mol. The fourth-order valence-electron chi connectivity index (χ4n) is 1.84. The van der Waals surface area contributed by atoms with Gasteiger partial charge in [-0.05, 0) is 26.8 Å². The second-order valence-corrected chi connectivity index (χ2v) is 6.04. The maximum atomic E-state index is 12.7. The lowest BCUT2D eigenvalue weighted by atomic mass is 10.0. The van der Waals surface area contributed by atoms with Crippen molar-refractivity contribution in [2.75, 3.05) is 0 Å². The fourth-order valence-corrected chi connectivity index (χ4v) is 2.04. The monoisotopic (exact) mass is 308 g/mol. The van der Waals surface area contributed by atoms with Gasteiger partial charge < -0.3 is 9.32 Å². The maximum absolute atomic E-state index is 12.7. The van der Waals surface area contributed by atoms with E-state index in [1.54, 1.807) is 17.9 Å². The summed E-state index contributed by atoms with van der Waals surface area (Å²) in [6, 6.07) is 1.60. The van der Waals surface area contributed by atoms with Gasteiger partial charge in [-0.3, -0.25) is 9.78 Å². The first-order valence-corrected chi connectivity index (χ1v) is 6.87. The molecule has 21 heavy (non-hydrogen) atoms. The quantitative estimate of drug-likeness (QED) is 0.871. The molecule has 2 rings (SSSR count). The van der Waals surface area contributed by atoms with Gasteiger partial charge in [0.1, 0.15) is 0 Å². The Morgan fingerprint density at radius 3 is 2.62 bits per heavy atom. The van der Waals surface area contributed by atoms with Crippen molar-refractivity contribution < 1.29 is 9.21 Å². The number of amides is 1. The molecule has 2 aromatic rings. The summed E-state index contributed by atoms with van der Waals surface area (Å²) in [5.41, 5.74) is -0.0238. The van der Waals surface area contributed by atoms with Gasteiger partial charge in [-0.25, -0.2) is 0 Å². The van der Waals surface area contributed by atoms with E-state index in [2.05, 4.69) is 15.2 Å². The van der Waals surface area contributed by atoms with Crippen molar-refractivity contribution in [3.8, 4) is 0 Å². The summed E-state index contributed by atoms with van der Waals surface area (Å²) in [6.45, 7) is 7.73. The Balaban J connectivity index is 2.33. The Bertz CT molecular complexity index is 648. The minimum absolute atomic E-state index is 0.203. The lowest BCUT2D eigenvalue weighted by Crippen LogP contribution is -2.45. The van der Waals surface area contributed by atoms with Crippen molar-refractivity contribution in [1.29, 1.82) is 0 Å². The number of carbonyl (C=O) groups excluding carboxylic acids is 1. The van der Waals surface area contributed by atoms with E-state index in [1.165, 1.54) is 12.4 Å². The molecule has 0 saturated heterocycles. The molecule has 7 heteroatoms. The smallest absolute Gasteiger partial charge is 0.256 e. The lowest BCUT2D eigenvalue weighted by Gasteiger charge is -2.34. The van der Waals surface area contributed by atoms with Crippen LogP contribution < -0.4 is 0 Å². The minimum atomic E-state index is -0.425. The van der Waals surface area contributed by atoms with Crippen LogP contribution in [0.15, 0.2) is 22.9 Å². The van der Waals surface area contributed by atoms with Gasteiger partial charge in [-0.1, -0.05) is 11.6 Å². The number of hydrogen-bond acceptors (Lipinski definition) is 5. The Morgan fingerprint density at radius 2 is 2.10 bits per heavy atom. The van der Waals surface area contributed by atoms with Crippen LogP contribution in [0.2, 0.25) is 5.02 Å². The number of nitrogens with zero attached hydrogens (tertiary/aromatic N) is 4. The molecule has 0 unspecified atom stereocenters. The number of halogens is 1. The summed E-state index contributed by atoms with van der Waals surface area (Å²) in [5.74, 6) is 0.653. The van der Waals surface area contributed by atoms with E-state index in [-0.39, 0.29) is 12.5 Å². The van der Waals surface area contributed by atoms with Crippen molar-refractivity contribution in [3.05, 3.63) is 40.8 Å². The molecule has 0 aliphatic heterocycles. The lowest BCUT2D eigenvalue weighted by molar-refractivity contribution is 0.0532. The molecule has 0 atom stereocenters. The van der Waals surface area contributed by atoms with Crippen LogP contribution in [0.3, 0.4) is 0 Å². The summed E-state index contributed by atoms with van der Waals surface area (Å²) >= 11 is 6.06. The molecule has 0 aliphatic carbocycles. The number of pyridine rings is 1. The molecule has 2 aromatic heterocycles. The molecule has 6 nitrogen and oxygen atoms in total. The van der Waals surface area contributed by atoms with E-state index in [1.807, 2.05) is 20.8 Å². The van der Waals surface area contributed by atoms with Crippen molar-refractivity contribution in [2.24, 2.45) is 0 Å². The summed E-state index contributed by atoms with van der Waals surface area (Å²) in [7, 11) is 0. The molecule has 0 N–H and O–H groups in total. The number of hydrogen-bond donors (Lipinski definition) is 0. The topological polar surface area (TPSA) is 72.1 Å². The molecule has 0 aromatic carbocycles. The highest BCUT2D eigenvalue weighted by molar-refractivity contribution is 6.33. The van der Waals surface area contributed by atoms with Crippen LogP contribution >= 0.6 is 11.6 Å². The van der Waals surface area contributed by atoms with Crippen molar-refractivity contribution in [1.82, 2.24) is 20.1 Å². The van der Waals surface area contributed by atoms with Gasteiger partial charge in [0.2, 0.25) is 11.8 Å². The predicted octanol–water partition coefficient (Wildman–Crippen LogP) is 2.87. The average Bonchev–Trinajstić information content (AvgIpc) is 2.80. The van der Waals surface area contributed by atoms with Gasteiger partial charge in [0.15, 0.2) is 0 Å². The largest absolute Gasteiger partial charge is 0.424 e. The van der Waals surface area contributed by atoms with E-state index >= 15 is 0 Å². The molecule has 112 valence electrons. The van der Waals surface area contributed by atoms with Gasteiger partial charge in [0.05, 0.1) is 17.1 Å². The maximum Gasteiger partial charge on any atom is 0.256 e. The zero-order valence-corrected chi connectivity index (χ0v) is 13.2. The SMILES string of the molecule is Cc1nnc(CN(C(=O)c2ccncc2Cl)C(C)(C)C)o1. The summed E-state index contributed by atoms with van der Waals surface area (Å²) in [6.07, 6.45) is 2.99. The number of carbonyl (C=O) groups is 1. The molecule has 0 radical (unpaired) electrons. The summed E-state index contributed by atoms with van der Waals surface area (Å²) in [5, 5.41) is 8.04. The van der Waals surface area contributed by atoms with Crippen LogP contribution in [-0.2, 0) is 6.54 Å². The van der Waals surface area contributed by atoms with Gasteiger partial charge in [0.25, 0.3) is 5.91 Å². The molecule has 0 spiro atoms. The zero-order chi connectivity index (χ0) is 15.6. The van der Waals surface area contributed by atoms with Crippen molar-refractivity contribution in [2.45, 2.75) is 39.8 Å². The molecule has 0 fully saturated rings. The molecular weight excluding hydrogens is 292 g/mol. The first-order chi connectivity index (χ1) is 9.79. The third-order valence-electron chi connectivity index (χ3n) is 2.92. The highest BCUT2D eigenvalue weighted by atomic mass is 35.5. The zero-order valence-electron chi connectivity index (χ0n) is 12.4. The molecule has 1 amide bonds. The molecule has 0 aliphatic rings.